The first kappa shape index (κ1) is 32.1. The minimum absolute atomic E-state index is 0.119. The molecule has 222 valence electrons. The van der Waals surface area contributed by atoms with Crippen molar-refractivity contribution >= 4 is 40.4 Å². The number of carbonyl (C=O) groups excluding carboxylic acids is 1. The largest absolute Gasteiger partial charge is 0.496 e. The first-order valence-corrected chi connectivity index (χ1v) is 14.3. The van der Waals surface area contributed by atoms with E-state index in [0.29, 0.717) is 36.4 Å². The van der Waals surface area contributed by atoms with Gasteiger partial charge in [-0.3, -0.25) is 14.2 Å². The maximum absolute atomic E-state index is 13.7. The molecule has 3 aromatic heterocycles. The zero-order chi connectivity index (χ0) is 30.1. The van der Waals surface area contributed by atoms with Crippen molar-refractivity contribution in [1.29, 1.82) is 0 Å². The molecule has 0 saturated heterocycles. The molecule has 0 unspecified atom stereocenters. The summed E-state index contributed by atoms with van der Waals surface area (Å²) in [6, 6.07) is 8.34. The monoisotopic (exact) mass is 603 g/mol. The van der Waals surface area contributed by atoms with Crippen molar-refractivity contribution in [2.45, 2.75) is 52.7 Å². The number of amides is 1. The number of aromatic nitrogens is 4. The topological polar surface area (TPSA) is 119 Å². The molecule has 0 bridgehead atoms. The van der Waals surface area contributed by atoms with E-state index in [1.54, 1.807) is 48.9 Å². The first-order valence-electron chi connectivity index (χ1n) is 13.1. The number of nitrogens with one attached hydrogen (secondary N) is 1. The summed E-state index contributed by atoms with van der Waals surface area (Å²) in [7, 11) is 3.23. The van der Waals surface area contributed by atoms with E-state index in [1.807, 2.05) is 45.0 Å². The summed E-state index contributed by atoms with van der Waals surface area (Å²) in [6.45, 7) is 8.57. The lowest BCUT2D eigenvalue weighted by Gasteiger charge is -2.19. The maximum atomic E-state index is 13.7. The van der Waals surface area contributed by atoms with Gasteiger partial charge >= 0.3 is 5.69 Å². The first-order chi connectivity index (χ1) is 19.7. The van der Waals surface area contributed by atoms with E-state index < -0.39 is 17.3 Å². The summed E-state index contributed by atoms with van der Waals surface area (Å²) in [4.78, 5) is 40.7. The number of para-hydroxylation sites is 1. The third kappa shape index (κ3) is 7.47. The molecular weight excluding hydrogens is 566 g/mol. The molecule has 4 aromatic rings. The molecule has 0 aliphatic heterocycles. The van der Waals surface area contributed by atoms with Crippen LogP contribution >= 0.6 is 24.2 Å². The number of fused-ring (bicyclic) bond motifs is 1. The molecule has 0 radical (unpaired) electrons. The molecule has 0 aliphatic carbocycles. The fourth-order valence-electron chi connectivity index (χ4n) is 4.28. The Kier molecular flexibility index (Phi) is 11.8. The number of thiol groups is 1. The summed E-state index contributed by atoms with van der Waals surface area (Å²) >= 11 is 4.81. The van der Waals surface area contributed by atoms with Gasteiger partial charge in [-0.25, -0.2) is 14.0 Å². The normalized spacial score (nSPS) is 11.8. The highest BCUT2D eigenvalue weighted by Gasteiger charge is 2.26. The van der Waals surface area contributed by atoms with Gasteiger partial charge in [-0.05, 0) is 64.7 Å². The zero-order valence-electron chi connectivity index (χ0n) is 24.1. The second-order valence-corrected chi connectivity index (χ2v) is 10.7. The number of ether oxygens (including phenoxy) is 2. The van der Waals surface area contributed by atoms with Crippen molar-refractivity contribution in [3.8, 4) is 10.8 Å². The molecule has 13 heteroatoms. The minimum Gasteiger partial charge on any atom is -0.496 e. The lowest BCUT2D eigenvalue weighted by Crippen LogP contribution is -2.47. The molecule has 11 nitrogen and oxygen atoms in total. The molecule has 41 heavy (non-hydrogen) atoms. The van der Waals surface area contributed by atoms with Crippen LogP contribution in [0.5, 0.6) is 5.75 Å². The standard InChI is InChI=1S/C25H29N5O4S.C3H8O2S/c1-15(2)27-21(31)17(4)30-22(32)20-16(3)23(29-13-8-12-26-29)35-24(20)28(25(30)33)14-11-18-9-6-7-10-19(18)34-5;1-4-2-3-5-6/h6-10,12-13,15,17H,11,14H2,1-5H3,(H,27,31);6H,2-3H2,1H3/t17-;/m0./s1. The van der Waals surface area contributed by atoms with E-state index >= 15 is 0 Å². The molecule has 1 N–H and O–H groups in total. The molecule has 1 amide bonds. The van der Waals surface area contributed by atoms with Crippen molar-refractivity contribution in [2.24, 2.45) is 0 Å². The predicted octanol–water partition coefficient (Wildman–Crippen LogP) is 3.55. The zero-order valence-corrected chi connectivity index (χ0v) is 25.8. The van der Waals surface area contributed by atoms with Gasteiger partial charge in [0.2, 0.25) is 5.91 Å². The van der Waals surface area contributed by atoms with E-state index in [2.05, 4.69) is 32.2 Å². The Hall–Kier alpha value is -3.39. The third-order valence-corrected chi connectivity index (χ3v) is 7.79. The maximum Gasteiger partial charge on any atom is 0.332 e. The van der Waals surface area contributed by atoms with E-state index in [9.17, 15) is 14.4 Å². The van der Waals surface area contributed by atoms with Gasteiger partial charge in [0.25, 0.3) is 5.56 Å². The van der Waals surface area contributed by atoms with Crippen molar-refractivity contribution < 1.29 is 18.5 Å². The predicted molar refractivity (Wildman–Crippen MR) is 164 cm³/mol. The number of hydrogen-bond donors (Lipinski definition) is 2. The highest BCUT2D eigenvalue weighted by atomic mass is 32.1. The molecule has 3 heterocycles. The van der Waals surface area contributed by atoms with Crippen molar-refractivity contribution in [1.82, 2.24) is 24.2 Å². The number of hydrogen-bond acceptors (Lipinski definition) is 9. The van der Waals surface area contributed by atoms with Gasteiger partial charge in [0.05, 0.1) is 25.7 Å². The van der Waals surface area contributed by atoms with Gasteiger partial charge in [0.15, 0.2) is 0 Å². The molecule has 1 aromatic carbocycles. The van der Waals surface area contributed by atoms with Crippen molar-refractivity contribution in [3.63, 3.8) is 0 Å². The van der Waals surface area contributed by atoms with Gasteiger partial charge in [0.1, 0.15) is 21.6 Å². The second-order valence-electron chi connectivity index (χ2n) is 9.50. The number of nitrogens with zero attached hydrogens (tertiary/aromatic N) is 4. The highest BCUT2D eigenvalue weighted by molar-refractivity contribution is 7.75. The summed E-state index contributed by atoms with van der Waals surface area (Å²) in [6.07, 6.45) is 3.97. The van der Waals surface area contributed by atoms with E-state index in [4.69, 9.17) is 4.74 Å². The van der Waals surface area contributed by atoms with Crippen LogP contribution in [0, 0.1) is 6.92 Å². The van der Waals surface area contributed by atoms with E-state index in [-0.39, 0.29) is 11.9 Å². The Morgan fingerprint density at radius 2 is 1.85 bits per heavy atom. The lowest BCUT2D eigenvalue weighted by molar-refractivity contribution is -0.124. The van der Waals surface area contributed by atoms with Crippen LogP contribution in [0.2, 0.25) is 0 Å². The Labute approximate surface area is 248 Å². The van der Waals surface area contributed by atoms with Crippen LogP contribution < -0.4 is 21.3 Å². The van der Waals surface area contributed by atoms with Crippen LogP contribution in [-0.2, 0) is 26.7 Å². The SMILES string of the molecule is COCCOS.COc1ccccc1CCn1c(=O)n([C@@H](C)C(=O)NC(C)C)c(=O)c2c(C)c(-n3cccn3)sc21. The molecule has 0 aliphatic rings. The fourth-order valence-corrected chi connectivity index (χ4v) is 5.62. The van der Waals surface area contributed by atoms with Crippen LogP contribution in [0.3, 0.4) is 0 Å². The molecule has 0 fully saturated rings. The fraction of sp³-hybridized carbons (Fsp3) is 0.429. The van der Waals surface area contributed by atoms with E-state index in [1.165, 1.54) is 11.3 Å². The summed E-state index contributed by atoms with van der Waals surface area (Å²) in [5.41, 5.74) is 0.670. The average molecular weight is 604 g/mol. The summed E-state index contributed by atoms with van der Waals surface area (Å²) in [5.74, 6) is 0.351. The number of thiophene rings is 1. The smallest absolute Gasteiger partial charge is 0.332 e. The van der Waals surface area contributed by atoms with Crippen LogP contribution in [0.4, 0.5) is 0 Å². The van der Waals surface area contributed by atoms with Crippen LogP contribution in [-0.4, -0.2) is 58.3 Å². The average Bonchev–Trinajstić information content (AvgIpc) is 3.60. The Morgan fingerprint density at radius 1 is 1.12 bits per heavy atom. The van der Waals surface area contributed by atoms with Gasteiger partial charge in [0, 0.05) is 37.7 Å². The molecule has 4 rings (SSSR count). The van der Waals surface area contributed by atoms with Gasteiger partial charge in [-0.15, -0.1) is 0 Å². The van der Waals surface area contributed by atoms with Gasteiger partial charge in [-0.2, -0.15) is 5.10 Å². The molecule has 0 saturated carbocycles. The lowest BCUT2D eigenvalue weighted by atomic mass is 10.1. The van der Waals surface area contributed by atoms with Gasteiger partial charge in [-0.1, -0.05) is 29.5 Å². The quantitative estimate of drug-likeness (QED) is 0.153. The Bertz CT molecular complexity index is 1550. The third-order valence-electron chi connectivity index (χ3n) is 6.30. The second kappa shape index (κ2) is 15.0. The van der Waals surface area contributed by atoms with E-state index in [0.717, 1.165) is 26.4 Å². The minimum atomic E-state index is -0.966. The number of aryl methyl sites for hydroxylation is 3. The number of methoxy groups -OCH3 is 2. The Balaban J connectivity index is 0.000000696. The number of rotatable bonds is 11. The molecular formula is C28H37N5O6S2. The number of carbonyl (C=O) groups is 1. The molecule has 0 spiro atoms. The number of benzene rings is 1. The van der Waals surface area contributed by atoms with Crippen molar-refractivity contribution in [3.05, 3.63) is 74.7 Å². The molecule has 1 atom stereocenters. The van der Waals surface area contributed by atoms with Gasteiger partial charge < -0.3 is 19.0 Å². The van der Waals surface area contributed by atoms with Crippen LogP contribution in [0.1, 0.15) is 37.9 Å². The highest BCUT2D eigenvalue weighted by Crippen LogP contribution is 2.31. The summed E-state index contributed by atoms with van der Waals surface area (Å²) < 4.78 is 18.8. The van der Waals surface area contributed by atoms with Crippen molar-refractivity contribution in [2.75, 3.05) is 27.4 Å². The summed E-state index contributed by atoms with van der Waals surface area (Å²) in [5, 5.41) is 8.29. The van der Waals surface area contributed by atoms with Crippen LogP contribution in [0.15, 0.2) is 52.3 Å². The Morgan fingerprint density at radius 3 is 2.44 bits per heavy atom. The van der Waals surface area contributed by atoms with Crippen LogP contribution in [0.25, 0.3) is 15.2 Å².